The lowest BCUT2D eigenvalue weighted by Crippen LogP contribution is -2.05. The van der Waals surface area contributed by atoms with Crippen molar-refractivity contribution in [2.24, 2.45) is 0 Å². The van der Waals surface area contributed by atoms with E-state index in [4.69, 9.17) is 10.00 Å². The van der Waals surface area contributed by atoms with Crippen LogP contribution in [0, 0.1) is 11.3 Å². The highest BCUT2D eigenvalue weighted by Crippen LogP contribution is 2.20. The molecule has 0 atom stereocenters. The second kappa shape index (κ2) is 5.81. The van der Waals surface area contributed by atoms with E-state index < -0.39 is 0 Å². The normalized spacial score (nSPS) is 9.60. The van der Waals surface area contributed by atoms with Gasteiger partial charge in [0.05, 0.1) is 18.7 Å². The van der Waals surface area contributed by atoms with Gasteiger partial charge in [-0.1, -0.05) is 0 Å². The van der Waals surface area contributed by atoms with Crippen LogP contribution >= 0.6 is 0 Å². The van der Waals surface area contributed by atoms with Crippen LogP contribution < -0.4 is 4.74 Å². The first-order chi connectivity index (χ1) is 9.69. The Kier molecular flexibility index (Phi) is 3.92. The van der Waals surface area contributed by atoms with Crippen molar-refractivity contribution in [1.82, 2.24) is 0 Å². The monoisotopic (exact) mass is 264 g/mol. The lowest BCUT2D eigenvalue weighted by atomic mass is 9.98. The topological polar surface area (TPSA) is 67.2 Å². The molecule has 0 aliphatic rings. The number of benzene rings is 2. The summed E-state index contributed by atoms with van der Waals surface area (Å²) >= 11 is 0. The van der Waals surface area contributed by atoms with E-state index in [9.17, 15) is 9.59 Å². The summed E-state index contributed by atoms with van der Waals surface area (Å²) in [5.41, 5.74) is 1.27. The van der Waals surface area contributed by atoms with Crippen LogP contribution in [0.3, 0.4) is 0 Å². The quantitative estimate of drug-likeness (QED) is 0.794. The van der Waals surface area contributed by atoms with Crippen LogP contribution in [0.4, 0.5) is 0 Å². The van der Waals surface area contributed by atoms with Crippen LogP contribution in [0.25, 0.3) is 0 Å². The van der Waals surface area contributed by atoms with Gasteiger partial charge in [0.25, 0.3) is 0 Å². The van der Waals surface area contributed by atoms with Gasteiger partial charge in [-0.15, -0.1) is 0 Å². The zero-order valence-electron chi connectivity index (χ0n) is 10.7. The average Bonchev–Trinajstić information content (AvgIpc) is 2.53. The number of carbonyl (C=O) groups excluding carboxylic acids is 2. The Morgan fingerprint density at radius 3 is 2.40 bits per heavy atom. The van der Waals surface area contributed by atoms with Crippen molar-refractivity contribution in [3.63, 3.8) is 0 Å². The van der Waals surface area contributed by atoms with Crippen molar-refractivity contribution in [2.75, 3.05) is 7.11 Å². The Labute approximate surface area is 116 Å². The summed E-state index contributed by atoms with van der Waals surface area (Å²) in [6.45, 7) is 0. The predicted octanol–water partition coefficient (Wildman–Crippen LogP) is 2.26. The van der Waals surface area contributed by atoms with E-state index in [1.54, 1.807) is 36.6 Å². The smallest absolute Gasteiger partial charge is 0.234 e. The van der Waals surface area contributed by atoms with Crippen LogP contribution in [0.15, 0.2) is 42.5 Å². The number of methoxy groups -OCH3 is 1. The van der Waals surface area contributed by atoms with Gasteiger partial charge in [0.1, 0.15) is 5.75 Å². The molecule has 0 aliphatic carbocycles. The zero-order chi connectivity index (χ0) is 14.5. The van der Waals surface area contributed by atoms with Gasteiger partial charge in [-0.2, -0.15) is 5.26 Å². The van der Waals surface area contributed by atoms with Crippen LogP contribution in [0.1, 0.15) is 27.0 Å². The fourth-order valence-corrected chi connectivity index (χ4v) is 1.78. The maximum Gasteiger partial charge on any atom is 0.234 e. The third kappa shape index (κ3) is 2.57. The molecule has 0 amide bonds. The first-order valence-corrected chi connectivity index (χ1v) is 5.80. The van der Waals surface area contributed by atoms with E-state index in [0.29, 0.717) is 16.9 Å². The minimum absolute atomic E-state index is 0.181. The fourth-order valence-electron chi connectivity index (χ4n) is 1.78. The third-order valence-corrected chi connectivity index (χ3v) is 2.86. The Hall–Kier alpha value is -2.93. The highest BCUT2D eigenvalue weighted by Gasteiger charge is 2.15. The summed E-state index contributed by atoms with van der Waals surface area (Å²) in [7, 11) is 1.48. The molecular weight excluding hydrogens is 254 g/mol. The Balaban J connectivity index is 2.46. The van der Waals surface area contributed by atoms with Gasteiger partial charge >= 0.3 is 0 Å². The lowest BCUT2D eigenvalue weighted by Gasteiger charge is -2.06. The number of carbonyl (C=O) groups is 1. The molecule has 2 rings (SSSR count). The van der Waals surface area contributed by atoms with E-state index in [1.807, 2.05) is 6.07 Å². The van der Waals surface area contributed by atoms with Crippen molar-refractivity contribution in [3.05, 3.63) is 64.7 Å². The van der Waals surface area contributed by atoms with Crippen LogP contribution in [-0.4, -0.2) is 19.2 Å². The van der Waals surface area contributed by atoms with E-state index >= 15 is 0 Å². The predicted molar refractivity (Wildman–Crippen MR) is 72.4 cm³/mol. The number of nitriles is 1. The minimum atomic E-state index is -0.313. The van der Waals surface area contributed by atoms with Crippen LogP contribution in [0.5, 0.6) is 5.75 Å². The van der Waals surface area contributed by atoms with E-state index in [-0.39, 0.29) is 16.9 Å². The van der Waals surface area contributed by atoms with Crippen molar-refractivity contribution >= 4 is 12.1 Å². The summed E-state index contributed by atoms with van der Waals surface area (Å²) in [6, 6.07) is 12.8. The number of rotatable bonds is 4. The first kappa shape index (κ1) is 13.5. The van der Waals surface area contributed by atoms with E-state index in [1.165, 1.54) is 19.2 Å². The molecule has 1 radical (unpaired) electrons. The Bertz CT molecular complexity index is 697. The molecule has 0 fully saturated rings. The van der Waals surface area contributed by atoms with Gasteiger partial charge in [0, 0.05) is 16.7 Å². The molecule has 0 spiro atoms. The Morgan fingerprint density at radius 1 is 1.15 bits per heavy atom. The zero-order valence-corrected chi connectivity index (χ0v) is 10.7. The summed E-state index contributed by atoms with van der Waals surface area (Å²) < 4.78 is 5.05. The maximum absolute atomic E-state index is 12.4. The second-order valence-corrected chi connectivity index (χ2v) is 4.03. The minimum Gasteiger partial charge on any atom is -0.497 e. The van der Waals surface area contributed by atoms with Crippen molar-refractivity contribution in [2.45, 2.75) is 0 Å². The molecule has 0 bridgehead atoms. The molecule has 0 N–H and O–H groups in total. The van der Waals surface area contributed by atoms with Crippen LogP contribution in [0.2, 0.25) is 0 Å². The highest BCUT2D eigenvalue weighted by molar-refractivity contribution is 6.13. The standard InChI is InChI=1S/C16H10NO3/c1-20-14-7-6-13(10-18)15(8-14)16(19)12-4-2-11(9-17)3-5-12/h2-8H,1H3. The molecule has 4 heteroatoms. The van der Waals surface area contributed by atoms with Gasteiger partial charge in [0.2, 0.25) is 6.29 Å². The van der Waals surface area contributed by atoms with E-state index in [0.717, 1.165) is 0 Å². The fraction of sp³-hybridized carbons (Fsp3) is 0.0625. The van der Waals surface area contributed by atoms with Gasteiger partial charge in [-0.3, -0.25) is 9.59 Å². The second-order valence-electron chi connectivity index (χ2n) is 4.03. The van der Waals surface area contributed by atoms with Crippen molar-refractivity contribution in [3.8, 4) is 11.8 Å². The summed E-state index contributed by atoms with van der Waals surface area (Å²) in [6.07, 6.45) is 1.74. The number of nitrogens with zero attached hydrogens (tertiary/aromatic N) is 1. The molecule has 20 heavy (non-hydrogen) atoms. The molecule has 2 aromatic carbocycles. The molecule has 0 saturated heterocycles. The highest BCUT2D eigenvalue weighted by atomic mass is 16.5. The molecule has 0 heterocycles. The average molecular weight is 264 g/mol. The number of hydrogen-bond acceptors (Lipinski definition) is 4. The molecule has 0 unspecified atom stereocenters. The van der Waals surface area contributed by atoms with Gasteiger partial charge in [-0.25, -0.2) is 0 Å². The number of hydrogen-bond donors (Lipinski definition) is 0. The van der Waals surface area contributed by atoms with Gasteiger partial charge in [-0.05, 0) is 42.5 Å². The maximum atomic E-state index is 12.4. The Morgan fingerprint density at radius 2 is 1.85 bits per heavy atom. The van der Waals surface area contributed by atoms with Gasteiger partial charge < -0.3 is 4.74 Å². The van der Waals surface area contributed by atoms with Crippen LogP contribution in [-0.2, 0) is 4.79 Å². The number of ketones is 1. The first-order valence-electron chi connectivity index (χ1n) is 5.80. The molecule has 97 valence electrons. The van der Waals surface area contributed by atoms with Crippen molar-refractivity contribution in [1.29, 1.82) is 5.26 Å². The molecule has 2 aromatic rings. The molecule has 0 aromatic heterocycles. The summed E-state index contributed by atoms with van der Waals surface area (Å²) in [5.74, 6) is 0.174. The molecule has 4 nitrogen and oxygen atoms in total. The molecule has 0 saturated carbocycles. The van der Waals surface area contributed by atoms with Gasteiger partial charge in [0.15, 0.2) is 5.78 Å². The summed E-state index contributed by atoms with van der Waals surface area (Å²) in [5, 5.41) is 8.73. The summed E-state index contributed by atoms with van der Waals surface area (Å²) in [4.78, 5) is 23.3. The largest absolute Gasteiger partial charge is 0.497 e. The third-order valence-electron chi connectivity index (χ3n) is 2.86. The lowest BCUT2D eigenvalue weighted by molar-refractivity contribution is 0.103. The molecule has 0 aliphatic heterocycles. The number of ether oxygens (including phenoxy) is 1. The molecular formula is C16H10NO3. The van der Waals surface area contributed by atoms with Crippen molar-refractivity contribution < 1.29 is 14.3 Å². The van der Waals surface area contributed by atoms with E-state index in [2.05, 4.69) is 0 Å². The SMILES string of the molecule is COc1ccc([C]=O)c(C(=O)c2ccc(C#N)cc2)c1.